The lowest BCUT2D eigenvalue weighted by Gasteiger charge is -2.11. The van der Waals surface area contributed by atoms with Gasteiger partial charge in [-0.05, 0) is 18.1 Å². The number of rotatable bonds is 6. The first-order valence-electron chi connectivity index (χ1n) is 5.30. The van der Waals surface area contributed by atoms with E-state index >= 15 is 0 Å². The summed E-state index contributed by atoms with van der Waals surface area (Å²) in [5.74, 6) is -0.536. The van der Waals surface area contributed by atoms with Crippen molar-refractivity contribution in [1.29, 1.82) is 0 Å². The van der Waals surface area contributed by atoms with Gasteiger partial charge in [0.05, 0.1) is 12.1 Å². The average molecular weight is 272 g/mol. The number of amides is 1. The van der Waals surface area contributed by atoms with E-state index in [1.54, 1.807) is 18.2 Å². The molecule has 0 fully saturated rings. The molecule has 0 unspecified atom stereocenters. The molecule has 1 aromatic rings. The molecular weight excluding hydrogens is 258 g/mol. The van der Waals surface area contributed by atoms with Crippen LogP contribution in [0.4, 0.5) is 0 Å². The van der Waals surface area contributed by atoms with Crippen LogP contribution in [0.3, 0.4) is 0 Å². The van der Waals surface area contributed by atoms with Crippen LogP contribution in [-0.2, 0) is 20.7 Å². The summed E-state index contributed by atoms with van der Waals surface area (Å²) in [6.45, 7) is -0.255. The van der Waals surface area contributed by atoms with Crippen LogP contribution in [0.25, 0.3) is 0 Å². The first kappa shape index (κ1) is 14.3. The Morgan fingerprint density at radius 3 is 2.72 bits per heavy atom. The highest BCUT2D eigenvalue weighted by atomic mass is 35.5. The summed E-state index contributed by atoms with van der Waals surface area (Å²) in [6.07, 6.45) is 0.630. The molecule has 2 N–H and O–H groups in total. The molecule has 0 aromatic heterocycles. The number of para-hydroxylation sites is 1. The summed E-state index contributed by atoms with van der Waals surface area (Å²) >= 11 is 5.97. The molecular formula is C12H14ClNO4. The Labute approximate surface area is 110 Å². The van der Waals surface area contributed by atoms with Crippen LogP contribution in [0, 0.1) is 0 Å². The zero-order valence-corrected chi connectivity index (χ0v) is 10.7. The lowest BCUT2D eigenvalue weighted by Crippen LogP contribution is -2.20. The number of halogens is 1. The van der Waals surface area contributed by atoms with Crippen molar-refractivity contribution >= 4 is 23.5 Å². The van der Waals surface area contributed by atoms with Gasteiger partial charge in [0.15, 0.2) is 6.61 Å². The van der Waals surface area contributed by atoms with Crippen molar-refractivity contribution < 1.29 is 19.1 Å². The molecule has 0 aliphatic rings. The normalized spacial score (nSPS) is 9.89. The molecule has 1 rings (SSSR count). The van der Waals surface area contributed by atoms with Gasteiger partial charge in [0.2, 0.25) is 0 Å². The van der Waals surface area contributed by atoms with E-state index in [1.807, 2.05) is 0 Å². The SMILES string of the molecule is COC(=O)CCc1cccc(Cl)c1OCC(N)=O. The second-order valence-corrected chi connectivity index (χ2v) is 3.97. The quantitative estimate of drug-likeness (QED) is 0.791. The van der Waals surface area contributed by atoms with Gasteiger partial charge in [0.1, 0.15) is 5.75 Å². The predicted molar refractivity (Wildman–Crippen MR) is 66.5 cm³/mol. The van der Waals surface area contributed by atoms with Crippen LogP contribution < -0.4 is 10.5 Å². The number of carbonyl (C=O) groups excluding carboxylic acids is 2. The number of primary amides is 1. The van der Waals surface area contributed by atoms with Crippen molar-refractivity contribution in [2.24, 2.45) is 5.73 Å². The van der Waals surface area contributed by atoms with Crippen LogP contribution in [-0.4, -0.2) is 25.6 Å². The van der Waals surface area contributed by atoms with Gasteiger partial charge in [-0.1, -0.05) is 23.7 Å². The van der Waals surface area contributed by atoms with E-state index in [0.29, 0.717) is 17.2 Å². The van der Waals surface area contributed by atoms with Crippen molar-refractivity contribution in [3.8, 4) is 5.75 Å². The van der Waals surface area contributed by atoms with Gasteiger partial charge in [0, 0.05) is 6.42 Å². The Bertz CT molecular complexity index is 448. The highest BCUT2D eigenvalue weighted by Gasteiger charge is 2.11. The topological polar surface area (TPSA) is 78.6 Å². The maximum atomic E-state index is 11.1. The van der Waals surface area contributed by atoms with Crippen molar-refractivity contribution in [3.05, 3.63) is 28.8 Å². The molecule has 0 heterocycles. The van der Waals surface area contributed by atoms with E-state index < -0.39 is 5.91 Å². The van der Waals surface area contributed by atoms with E-state index in [4.69, 9.17) is 22.1 Å². The zero-order chi connectivity index (χ0) is 13.5. The molecule has 0 bridgehead atoms. The molecule has 0 aliphatic heterocycles. The standard InChI is InChI=1S/C12H14ClNO4/c1-17-11(16)6-5-8-3-2-4-9(13)12(8)18-7-10(14)15/h2-4H,5-7H2,1H3,(H2,14,15). The second kappa shape index (κ2) is 6.86. The molecule has 18 heavy (non-hydrogen) atoms. The molecule has 0 atom stereocenters. The molecule has 0 saturated heterocycles. The molecule has 0 radical (unpaired) electrons. The monoisotopic (exact) mass is 271 g/mol. The maximum Gasteiger partial charge on any atom is 0.305 e. The summed E-state index contributed by atoms with van der Waals surface area (Å²) in [6, 6.07) is 5.15. The number of nitrogens with two attached hydrogens (primary N) is 1. The summed E-state index contributed by atoms with van der Waals surface area (Å²) in [4.78, 5) is 21.8. The van der Waals surface area contributed by atoms with Gasteiger partial charge in [-0.2, -0.15) is 0 Å². The summed E-state index contributed by atoms with van der Waals surface area (Å²) in [7, 11) is 1.32. The van der Waals surface area contributed by atoms with Gasteiger partial charge in [0.25, 0.3) is 5.91 Å². The summed E-state index contributed by atoms with van der Waals surface area (Å²) < 4.78 is 9.79. The van der Waals surface area contributed by atoms with Gasteiger partial charge in [-0.3, -0.25) is 9.59 Å². The average Bonchev–Trinajstić information content (AvgIpc) is 2.34. The number of ether oxygens (including phenoxy) is 2. The third kappa shape index (κ3) is 4.25. The highest BCUT2D eigenvalue weighted by molar-refractivity contribution is 6.32. The minimum Gasteiger partial charge on any atom is -0.482 e. The van der Waals surface area contributed by atoms with Crippen LogP contribution in [0.2, 0.25) is 5.02 Å². The smallest absolute Gasteiger partial charge is 0.305 e. The molecule has 1 aromatic carbocycles. The summed E-state index contributed by atoms with van der Waals surface area (Å²) in [5, 5.41) is 0.374. The van der Waals surface area contributed by atoms with Crippen molar-refractivity contribution in [2.75, 3.05) is 13.7 Å². The first-order valence-corrected chi connectivity index (χ1v) is 5.67. The van der Waals surface area contributed by atoms with Gasteiger partial charge < -0.3 is 15.2 Å². The van der Waals surface area contributed by atoms with Gasteiger partial charge in [-0.25, -0.2) is 0 Å². The Morgan fingerprint density at radius 1 is 1.39 bits per heavy atom. The molecule has 1 amide bonds. The Balaban J connectivity index is 2.79. The van der Waals surface area contributed by atoms with Crippen molar-refractivity contribution in [1.82, 2.24) is 0 Å². The Kier molecular flexibility index (Phi) is 5.45. The second-order valence-electron chi connectivity index (χ2n) is 3.56. The van der Waals surface area contributed by atoms with Crippen molar-refractivity contribution in [3.63, 3.8) is 0 Å². The van der Waals surface area contributed by atoms with Crippen LogP contribution in [0.5, 0.6) is 5.75 Å². The van der Waals surface area contributed by atoms with Gasteiger partial charge >= 0.3 is 5.97 Å². The minimum atomic E-state index is -0.589. The third-order valence-corrected chi connectivity index (χ3v) is 2.53. The highest BCUT2D eigenvalue weighted by Crippen LogP contribution is 2.29. The number of methoxy groups -OCH3 is 1. The number of carbonyl (C=O) groups is 2. The van der Waals surface area contributed by atoms with E-state index in [-0.39, 0.29) is 19.0 Å². The first-order chi connectivity index (χ1) is 8.54. The van der Waals surface area contributed by atoms with Crippen LogP contribution in [0.15, 0.2) is 18.2 Å². The Hall–Kier alpha value is -1.75. The molecule has 5 nitrogen and oxygen atoms in total. The van der Waals surface area contributed by atoms with E-state index in [2.05, 4.69) is 4.74 Å². The molecule has 0 spiro atoms. The fourth-order valence-corrected chi connectivity index (χ4v) is 1.64. The maximum absolute atomic E-state index is 11.1. The van der Waals surface area contributed by atoms with Crippen molar-refractivity contribution in [2.45, 2.75) is 12.8 Å². The van der Waals surface area contributed by atoms with E-state index in [1.165, 1.54) is 7.11 Å². The minimum absolute atomic E-state index is 0.212. The fourth-order valence-electron chi connectivity index (χ4n) is 1.39. The Morgan fingerprint density at radius 2 is 2.11 bits per heavy atom. The number of benzene rings is 1. The predicted octanol–water partition coefficient (Wildman–Crippen LogP) is 1.31. The van der Waals surface area contributed by atoms with Gasteiger partial charge in [-0.15, -0.1) is 0 Å². The number of esters is 1. The lowest BCUT2D eigenvalue weighted by molar-refractivity contribution is -0.140. The molecule has 98 valence electrons. The van der Waals surface area contributed by atoms with E-state index in [9.17, 15) is 9.59 Å². The fraction of sp³-hybridized carbons (Fsp3) is 0.333. The summed E-state index contributed by atoms with van der Waals surface area (Å²) in [5.41, 5.74) is 5.73. The largest absolute Gasteiger partial charge is 0.482 e. The third-order valence-electron chi connectivity index (χ3n) is 2.23. The molecule has 6 heteroatoms. The number of aryl methyl sites for hydroxylation is 1. The lowest BCUT2D eigenvalue weighted by atomic mass is 10.1. The van der Waals surface area contributed by atoms with Crippen LogP contribution >= 0.6 is 11.6 Å². The number of hydrogen-bond donors (Lipinski definition) is 1. The number of hydrogen-bond acceptors (Lipinski definition) is 4. The molecule has 0 aliphatic carbocycles. The van der Waals surface area contributed by atoms with Crippen LogP contribution in [0.1, 0.15) is 12.0 Å². The molecule has 0 saturated carbocycles. The zero-order valence-electron chi connectivity index (χ0n) is 9.94. The van der Waals surface area contributed by atoms with E-state index in [0.717, 1.165) is 5.56 Å².